The number of esters is 1. The van der Waals surface area contributed by atoms with Gasteiger partial charge in [0.1, 0.15) is 0 Å². The molecule has 0 spiro atoms. The van der Waals surface area contributed by atoms with E-state index in [0.29, 0.717) is 12.1 Å². The molecule has 25 heavy (non-hydrogen) atoms. The van der Waals surface area contributed by atoms with Gasteiger partial charge in [0.15, 0.2) is 11.9 Å². The van der Waals surface area contributed by atoms with Crippen molar-refractivity contribution in [1.82, 2.24) is 5.32 Å². The maximum atomic E-state index is 12.0. The van der Waals surface area contributed by atoms with Gasteiger partial charge in [0, 0.05) is 16.9 Å². The molecule has 1 amide bonds. The van der Waals surface area contributed by atoms with Crippen molar-refractivity contribution >= 4 is 29.0 Å². The van der Waals surface area contributed by atoms with E-state index in [-0.39, 0.29) is 24.5 Å². The van der Waals surface area contributed by atoms with Gasteiger partial charge in [-0.15, -0.1) is 11.3 Å². The zero-order valence-electron chi connectivity index (χ0n) is 14.3. The van der Waals surface area contributed by atoms with Crippen LogP contribution in [0.4, 0.5) is 0 Å². The number of amides is 1. The first-order chi connectivity index (χ1) is 12.0. The average molecular weight is 359 g/mol. The van der Waals surface area contributed by atoms with Crippen LogP contribution in [-0.2, 0) is 20.9 Å². The molecule has 0 saturated heterocycles. The summed E-state index contributed by atoms with van der Waals surface area (Å²) in [6.45, 7) is 3.87. The van der Waals surface area contributed by atoms with Crippen molar-refractivity contribution < 1.29 is 19.1 Å². The molecule has 0 aliphatic heterocycles. The molecule has 1 atom stereocenters. The molecule has 1 N–H and O–H groups in total. The number of thiophene rings is 1. The largest absolute Gasteiger partial charge is 0.453 e. The van der Waals surface area contributed by atoms with Gasteiger partial charge in [-0.1, -0.05) is 35.9 Å². The Kier molecular flexibility index (Phi) is 6.89. The predicted octanol–water partition coefficient (Wildman–Crippen LogP) is 3.27. The van der Waals surface area contributed by atoms with E-state index in [4.69, 9.17) is 4.74 Å². The zero-order chi connectivity index (χ0) is 18.2. The molecular formula is C19H21NO4S. The molecule has 6 heteroatoms. The normalized spacial score (nSPS) is 11.6. The summed E-state index contributed by atoms with van der Waals surface area (Å²) in [6.07, 6.45) is -0.873. The van der Waals surface area contributed by atoms with Gasteiger partial charge in [0.25, 0.3) is 5.91 Å². The SMILES string of the molecule is Cc1ccc(C(=O)CCC(=O)O[C@@H](C)C(=O)NCc2cccs2)cc1. The summed E-state index contributed by atoms with van der Waals surface area (Å²) >= 11 is 1.54. The van der Waals surface area contributed by atoms with Gasteiger partial charge in [0.2, 0.25) is 0 Å². The number of hydrogen-bond donors (Lipinski definition) is 1. The van der Waals surface area contributed by atoms with Crippen LogP contribution in [0.1, 0.15) is 40.6 Å². The Morgan fingerprint density at radius 1 is 1.12 bits per heavy atom. The molecule has 0 aliphatic rings. The Morgan fingerprint density at radius 2 is 1.84 bits per heavy atom. The first-order valence-corrected chi connectivity index (χ1v) is 8.93. The van der Waals surface area contributed by atoms with Crippen LogP contribution in [0.15, 0.2) is 41.8 Å². The average Bonchev–Trinajstić information content (AvgIpc) is 3.11. The molecule has 0 saturated carbocycles. The zero-order valence-corrected chi connectivity index (χ0v) is 15.1. The molecular weight excluding hydrogens is 338 g/mol. The van der Waals surface area contributed by atoms with E-state index >= 15 is 0 Å². The van der Waals surface area contributed by atoms with Gasteiger partial charge >= 0.3 is 5.97 Å². The highest BCUT2D eigenvalue weighted by atomic mass is 32.1. The minimum Gasteiger partial charge on any atom is -0.453 e. The summed E-state index contributed by atoms with van der Waals surface area (Å²) in [5, 5.41) is 4.64. The van der Waals surface area contributed by atoms with Crippen molar-refractivity contribution in [2.24, 2.45) is 0 Å². The lowest BCUT2D eigenvalue weighted by atomic mass is 10.1. The number of hydrogen-bond acceptors (Lipinski definition) is 5. The minimum atomic E-state index is -0.887. The molecule has 1 heterocycles. The van der Waals surface area contributed by atoms with E-state index < -0.39 is 12.1 Å². The molecule has 0 fully saturated rings. The minimum absolute atomic E-state index is 0.0464. The highest BCUT2D eigenvalue weighted by Gasteiger charge is 2.18. The molecule has 0 bridgehead atoms. The van der Waals surface area contributed by atoms with Crippen LogP contribution in [0.25, 0.3) is 0 Å². The van der Waals surface area contributed by atoms with Crippen LogP contribution in [0.3, 0.4) is 0 Å². The van der Waals surface area contributed by atoms with Gasteiger partial charge < -0.3 is 10.1 Å². The van der Waals surface area contributed by atoms with Crippen LogP contribution < -0.4 is 5.32 Å². The molecule has 0 radical (unpaired) electrons. The van der Waals surface area contributed by atoms with Crippen LogP contribution >= 0.6 is 11.3 Å². The highest BCUT2D eigenvalue weighted by molar-refractivity contribution is 7.09. The molecule has 1 aromatic heterocycles. The molecule has 0 unspecified atom stereocenters. The molecule has 5 nitrogen and oxygen atoms in total. The van der Waals surface area contributed by atoms with E-state index in [1.807, 2.05) is 36.6 Å². The van der Waals surface area contributed by atoms with E-state index in [9.17, 15) is 14.4 Å². The monoisotopic (exact) mass is 359 g/mol. The topological polar surface area (TPSA) is 72.5 Å². The number of Topliss-reactive ketones (excluding diaryl/α,β-unsaturated/α-hetero) is 1. The first-order valence-electron chi connectivity index (χ1n) is 8.05. The second-order valence-electron chi connectivity index (χ2n) is 5.72. The van der Waals surface area contributed by atoms with Crippen LogP contribution in [0.2, 0.25) is 0 Å². The molecule has 0 aliphatic carbocycles. The fourth-order valence-electron chi connectivity index (χ4n) is 2.14. The van der Waals surface area contributed by atoms with Gasteiger partial charge in [-0.2, -0.15) is 0 Å². The number of ether oxygens (including phenoxy) is 1. The highest BCUT2D eigenvalue weighted by Crippen LogP contribution is 2.10. The van der Waals surface area contributed by atoms with Gasteiger partial charge in [-0.05, 0) is 25.3 Å². The van der Waals surface area contributed by atoms with Crippen molar-refractivity contribution in [1.29, 1.82) is 0 Å². The first kappa shape index (κ1) is 18.9. The Labute approximate surface area is 151 Å². The summed E-state index contributed by atoms with van der Waals surface area (Å²) in [7, 11) is 0. The summed E-state index contributed by atoms with van der Waals surface area (Å²) in [6, 6.07) is 11.0. The predicted molar refractivity (Wildman–Crippen MR) is 96.5 cm³/mol. The van der Waals surface area contributed by atoms with Crippen LogP contribution in [0.5, 0.6) is 0 Å². The third-order valence-corrected chi connectivity index (χ3v) is 4.50. The van der Waals surface area contributed by atoms with Crippen molar-refractivity contribution in [3.63, 3.8) is 0 Å². The summed E-state index contributed by atoms with van der Waals surface area (Å²) in [5.74, 6) is -1.03. The van der Waals surface area contributed by atoms with Gasteiger partial charge in [-0.3, -0.25) is 14.4 Å². The van der Waals surface area contributed by atoms with E-state index in [1.165, 1.54) is 6.92 Å². The number of carbonyl (C=O) groups is 3. The number of nitrogens with one attached hydrogen (secondary N) is 1. The van der Waals surface area contributed by atoms with Crippen LogP contribution in [-0.4, -0.2) is 23.8 Å². The Hall–Kier alpha value is -2.47. The van der Waals surface area contributed by atoms with Crippen LogP contribution in [0, 0.1) is 6.92 Å². The standard InChI is InChI=1S/C19H21NO4S/c1-13-5-7-15(8-6-13)17(21)9-10-18(22)24-14(2)19(23)20-12-16-4-3-11-25-16/h3-8,11,14H,9-10,12H2,1-2H3,(H,20,23)/t14-/m0/s1. The van der Waals surface area contributed by atoms with Gasteiger partial charge in [0.05, 0.1) is 13.0 Å². The smallest absolute Gasteiger partial charge is 0.307 e. The lowest BCUT2D eigenvalue weighted by Gasteiger charge is -2.13. The summed E-state index contributed by atoms with van der Waals surface area (Å²) in [4.78, 5) is 36.8. The second-order valence-corrected chi connectivity index (χ2v) is 6.75. The molecule has 2 rings (SSSR count). The number of rotatable bonds is 8. The Bertz CT molecular complexity index is 722. The number of carbonyl (C=O) groups excluding carboxylic acids is 3. The van der Waals surface area contributed by atoms with E-state index in [2.05, 4.69) is 5.32 Å². The van der Waals surface area contributed by atoms with Gasteiger partial charge in [-0.25, -0.2) is 0 Å². The molecule has 132 valence electrons. The molecule has 2 aromatic rings. The van der Waals surface area contributed by atoms with Crippen molar-refractivity contribution in [3.8, 4) is 0 Å². The number of benzene rings is 1. The lowest BCUT2D eigenvalue weighted by molar-refractivity contribution is -0.154. The second kappa shape index (κ2) is 9.13. The summed E-state index contributed by atoms with van der Waals surface area (Å²) < 4.78 is 5.09. The molecule has 1 aromatic carbocycles. The third kappa shape index (κ3) is 6.15. The Balaban J connectivity index is 1.72. The lowest BCUT2D eigenvalue weighted by Crippen LogP contribution is -2.35. The van der Waals surface area contributed by atoms with E-state index in [1.54, 1.807) is 23.5 Å². The van der Waals surface area contributed by atoms with Crippen molar-refractivity contribution in [2.75, 3.05) is 0 Å². The number of ketones is 1. The summed E-state index contributed by atoms with van der Waals surface area (Å²) in [5.41, 5.74) is 1.64. The fraction of sp³-hybridized carbons (Fsp3) is 0.316. The third-order valence-electron chi connectivity index (χ3n) is 3.62. The maximum absolute atomic E-state index is 12.0. The Morgan fingerprint density at radius 3 is 2.48 bits per heavy atom. The maximum Gasteiger partial charge on any atom is 0.307 e. The number of aryl methyl sites for hydroxylation is 1. The quantitative estimate of drug-likeness (QED) is 0.580. The fourth-order valence-corrected chi connectivity index (χ4v) is 2.78. The van der Waals surface area contributed by atoms with Crippen molar-refractivity contribution in [2.45, 2.75) is 39.3 Å². The van der Waals surface area contributed by atoms with E-state index in [0.717, 1.165) is 10.4 Å². The van der Waals surface area contributed by atoms with Crippen molar-refractivity contribution in [3.05, 3.63) is 57.8 Å².